The number of methoxy groups -OCH3 is 1. The lowest BCUT2D eigenvalue weighted by atomic mass is 10.2. The number of hydrogen-bond donors (Lipinski definition) is 0. The van der Waals surface area contributed by atoms with Crippen LogP contribution in [0.5, 0.6) is 0 Å². The fourth-order valence-corrected chi connectivity index (χ4v) is 3.62. The topological polar surface area (TPSA) is 104 Å². The number of aromatic nitrogens is 1. The van der Waals surface area contributed by atoms with Gasteiger partial charge in [-0.1, -0.05) is 23.3 Å². The van der Waals surface area contributed by atoms with Crippen molar-refractivity contribution in [2.45, 2.75) is 6.54 Å². The van der Waals surface area contributed by atoms with E-state index in [2.05, 4.69) is 10.9 Å². The molecule has 0 unspecified atom stereocenters. The molecule has 0 fully saturated rings. The molecular weight excluding hydrogens is 382 g/mol. The fraction of sp³-hybridized carbons (Fsp3) is 0.105. The van der Waals surface area contributed by atoms with Crippen molar-refractivity contribution in [1.82, 2.24) is 4.57 Å². The normalized spacial score (nSPS) is 11.2. The second kappa shape index (κ2) is 7.85. The van der Waals surface area contributed by atoms with Crippen LogP contribution in [0.4, 0.5) is 5.69 Å². The lowest BCUT2D eigenvalue weighted by Crippen LogP contribution is -2.16. The lowest BCUT2D eigenvalue weighted by molar-refractivity contribution is -0.384. The van der Waals surface area contributed by atoms with Crippen molar-refractivity contribution in [3.63, 3.8) is 0 Å². The molecule has 0 spiro atoms. The number of nitrogens with zero attached hydrogens (tertiary/aromatic N) is 3. The van der Waals surface area contributed by atoms with Crippen LogP contribution in [0.25, 0.3) is 10.2 Å². The first kappa shape index (κ1) is 19.0. The first-order chi connectivity index (χ1) is 13.4. The monoisotopic (exact) mass is 395 g/mol. The molecule has 0 aliphatic rings. The molecule has 8 nitrogen and oxygen atoms in total. The van der Waals surface area contributed by atoms with E-state index in [-0.39, 0.29) is 17.8 Å². The van der Waals surface area contributed by atoms with Gasteiger partial charge in [0.05, 0.1) is 34.4 Å². The Morgan fingerprint density at radius 3 is 2.75 bits per heavy atom. The Hall–Kier alpha value is -3.77. The summed E-state index contributed by atoms with van der Waals surface area (Å²) in [7, 11) is 1.29. The summed E-state index contributed by atoms with van der Waals surface area (Å²) in [5, 5.41) is 10.9. The van der Waals surface area contributed by atoms with Crippen LogP contribution in [0.1, 0.15) is 20.7 Å². The summed E-state index contributed by atoms with van der Waals surface area (Å²) in [4.78, 5) is 39.0. The molecule has 1 amide bonds. The Morgan fingerprint density at radius 2 is 2.07 bits per heavy atom. The minimum Gasteiger partial charge on any atom is -0.465 e. The molecule has 28 heavy (non-hydrogen) atoms. The molecule has 0 saturated heterocycles. The van der Waals surface area contributed by atoms with Gasteiger partial charge in [-0.15, -0.1) is 6.42 Å². The minimum absolute atomic E-state index is 0.0918. The van der Waals surface area contributed by atoms with Crippen LogP contribution in [0, 0.1) is 22.5 Å². The SMILES string of the molecule is C#CCn1c(=NC(=O)c2cccc([N+](=O)[O-])c2)sc2cc(C(=O)OC)ccc21. The number of thiazole rings is 1. The number of esters is 1. The Kier molecular flexibility index (Phi) is 5.33. The summed E-state index contributed by atoms with van der Waals surface area (Å²) < 4.78 is 7.08. The number of nitro benzene ring substituents is 1. The number of benzene rings is 2. The molecule has 0 aliphatic heterocycles. The first-order valence-electron chi connectivity index (χ1n) is 7.93. The standard InChI is InChI=1S/C19H13N3O5S/c1-3-9-21-15-8-7-13(18(24)27-2)11-16(15)28-19(21)20-17(23)12-5-4-6-14(10-12)22(25)26/h1,4-8,10-11H,9H2,2H3. The van der Waals surface area contributed by atoms with E-state index in [4.69, 9.17) is 11.2 Å². The van der Waals surface area contributed by atoms with E-state index in [9.17, 15) is 19.7 Å². The van der Waals surface area contributed by atoms with E-state index in [1.54, 1.807) is 22.8 Å². The Bertz CT molecular complexity index is 1220. The van der Waals surface area contributed by atoms with Gasteiger partial charge in [0.15, 0.2) is 4.80 Å². The number of terminal acetylenes is 1. The van der Waals surface area contributed by atoms with Crippen LogP contribution < -0.4 is 4.80 Å². The van der Waals surface area contributed by atoms with Crippen molar-refractivity contribution in [2.75, 3.05) is 7.11 Å². The van der Waals surface area contributed by atoms with Gasteiger partial charge < -0.3 is 9.30 Å². The second-order valence-corrected chi connectivity index (χ2v) is 6.58. The third-order valence-corrected chi connectivity index (χ3v) is 4.90. The number of nitro groups is 1. The van der Waals surface area contributed by atoms with Gasteiger partial charge in [-0.3, -0.25) is 14.9 Å². The number of amides is 1. The van der Waals surface area contributed by atoms with Crippen molar-refractivity contribution < 1.29 is 19.2 Å². The molecule has 1 aromatic heterocycles. The zero-order valence-corrected chi connectivity index (χ0v) is 15.4. The van der Waals surface area contributed by atoms with E-state index in [1.807, 2.05) is 0 Å². The highest BCUT2D eigenvalue weighted by atomic mass is 32.1. The summed E-state index contributed by atoms with van der Waals surface area (Å²) in [6.45, 7) is 0.165. The number of carbonyl (C=O) groups is 2. The Labute approximate surface area is 162 Å². The van der Waals surface area contributed by atoms with Gasteiger partial charge in [-0.25, -0.2) is 4.79 Å². The maximum atomic E-state index is 12.5. The van der Waals surface area contributed by atoms with E-state index in [0.717, 1.165) is 0 Å². The summed E-state index contributed by atoms with van der Waals surface area (Å²) >= 11 is 1.18. The van der Waals surface area contributed by atoms with Gasteiger partial charge in [0, 0.05) is 17.7 Å². The van der Waals surface area contributed by atoms with Crippen LogP contribution >= 0.6 is 11.3 Å². The number of fused-ring (bicyclic) bond motifs is 1. The van der Waals surface area contributed by atoms with Crippen LogP contribution in [0.15, 0.2) is 47.5 Å². The molecule has 3 rings (SSSR count). The molecule has 0 aliphatic carbocycles. The predicted octanol–water partition coefficient (Wildman–Crippen LogP) is 2.77. The molecule has 0 saturated carbocycles. The van der Waals surface area contributed by atoms with Gasteiger partial charge in [-0.2, -0.15) is 4.99 Å². The van der Waals surface area contributed by atoms with Gasteiger partial charge in [0.25, 0.3) is 11.6 Å². The van der Waals surface area contributed by atoms with E-state index in [1.165, 1.54) is 42.7 Å². The average Bonchev–Trinajstić information content (AvgIpc) is 3.04. The number of ether oxygens (including phenoxy) is 1. The molecule has 0 atom stereocenters. The van der Waals surface area contributed by atoms with Crippen molar-refractivity contribution in [2.24, 2.45) is 4.99 Å². The van der Waals surface area contributed by atoms with Crippen LogP contribution in [0.3, 0.4) is 0 Å². The van der Waals surface area contributed by atoms with Crippen molar-refractivity contribution in [3.8, 4) is 12.3 Å². The molecule has 1 heterocycles. The van der Waals surface area contributed by atoms with Gasteiger partial charge in [0.2, 0.25) is 0 Å². The van der Waals surface area contributed by atoms with Crippen molar-refractivity contribution >= 4 is 39.1 Å². The predicted molar refractivity (Wildman–Crippen MR) is 103 cm³/mol. The number of non-ortho nitro benzene ring substituents is 1. The molecule has 2 aromatic carbocycles. The third-order valence-electron chi connectivity index (χ3n) is 3.85. The number of rotatable bonds is 4. The van der Waals surface area contributed by atoms with Crippen molar-refractivity contribution in [3.05, 3.63) is 68.5 Å². The third kappa shape index (κ3) is 3.67. The van der Waals surface area contributed by atoms with Crippen LogP contribution in [0.2, 0.25) is 0 Å². The van der Waals surface area contributed by atoms with E-state index in [0.29, 0.717) is 20.6 Å². The largest absolute Gasteiger partial charge is 0.465 e. The van der Waals surface area contributed by atoms with Gasteiger partial charge in [-0.05, 0) is 24.3 Å². The zero-order chi connectivity index (χ0) is 20.3. The molecule has 0 radical (unpaired) electrons. The highest BCUT2D eigenvalue weighted by Gasteiger charge is 2.14. The average molecular weight is 395 g/mol. The van der Waals surface area contributed by atoms with Gasteiger partial charge >= 0.3 is 5.97 Å². The fourth-order valence-electron chi connectivity index (χ4n) is 2.55. The minimum atomic E-state index is -0.630. The molecule has 3 aromatic rings. The molecular formula is C19H13N3O5S. The summed E-state index contributed by atoms with van der Waals surface area (Å²) in [5.41, 5.74) is 0.965. The Balaban J connectivity index is 2.13. The lowest BCUT2D eigenvalue weighted by Gasteiger charge is -2.01. The molecule has 0 bridgehead atoms. The molecule has 0 N–H and O–H groups in total. The Morgan fingerprint density at radius 1 is 1.29 bits per heavy atom. The van der Waals surface area contributed by atoms with Crippen LogP contribution in [-0.4, -0.2) is 28.5 Å². The molecule has 9 heteroatoms. The summed E-state index contributed by atoms with van der Waals surface area (Å²) in [5.74, 6) is 1.39. The maximum absolute atomic E-state index is 12.5. The highest BCUT2D eigenvalue weighted by molar-refractivity contribution is 7.16. The van der Waals surface area contributed by atoms with E-state index >= 15 is 0 Å². The summed E-state index contributed by atoms with van der Waals surface area (Å²) in [6, 6.07) is 10.3. The number of carbonyl (C=O) groups excluding carboxylic acids is 2. The molecule has 140 valence electrons. The van der Waals surface area contributed by atoms with Gasteiger partial charge in [0.1, 0.15) is 0 Å². The maximum Gasteiger partial charge on any atom is 0.337 e. The number of hydrogen-bond acceptors (Lipinski definition) is 6. The first-order valence-corrected chi connectivity index (χ1v) is 8.75. The zero-order valence-electron chi connectivity index (χ0n) is 14.6. The highest BCUT2D eigenvalue weighted by Crippen LogP contribution is 2.20. The van der Waals surface area contributed by atoms with Crippen LogP contribution in [-0.2, 0) is 11.3 Å². The summed E-state index contributed by atoms with van der Waals surface area (Å²) in [6.07, 6.45) is 5.43. The van der Waals surface area contributed by atoms with Crippen molar-refractivity contribution in [1.29, 1.82) is 0 Å². The van der Waals surface area contributed by atoms with E-state index < -0.39 is 16.8 Å². The quantitative estimate of drug-likeness (QED) is 0.292. The second-order valence-electron chi connectivity index (χ2n) is 5.57. The smallest absolute Gasteiger partial charge is 0.337 e.